The Morgan fingerprint density at radius 3 is 2.44 bits per heavy atom. The minimum absolute atomic E-state index is 0.110. The van der Waals surface area contributed by atoms with Crippen molar-refractivity contribution in [3.05, 3.63) is 34.9 Å². The fourth-order valence-corrected chi connectivity index (χ4v) is 3.19. The number of hydrogen-bond acceptors (Lipinski definition) is 2. The van der Waals surface area contributed by atoms with Crippen LogP contribution in [0, 0.1) is 11.3 Å². The van der Waals surface area contributed by atoms with E-state index in [0.29, 0.717) is 0 Å². The average molecular weight is 269 g/mol. The topological polar surface area (TPSA) is 40.5 Å². The summed E-state index contributed by atoms with van der Waals surface area (Å²) in [5.41, 5.74) is -0.0418. The Bertz CT molecular complexity index is 413. The summed E-state index contributed by atoms with van der Waals surface area (Å²) in [4.78, 5) is 0. The van der Waals surface area contributed by atoms with Gasteiger partial charge in [-0.05, 0) is 48.3 Å². The summed E-state index contributed by atoms with van der Waals surface area (Å²) in [6.07, 6.45) is 2.69. The maximum absolute atomic E-state index is 10.7. The first-order chi connectivity index (χ1) is 8.39. The molecule has 1 aliphatic carbocycles. The molecule has 1 fully saturated rings. The molecule has 3 heteroatoms. The van der Waals surface area contributed by atoms with E-state index in [1.807, 2.05) is 38.1 Å². The Hall–Kier alpha value is -0.570. The highest BCUT2D eigenvalue weighted by molar-refractivity contribution is 6.30. The lowest BCUT2D eigenvalue weighted by molar-refractivity contribution is -0.110. The number of aliphatic hydroxyl groups is 2. The van der Waals surface area contributed by atoms with Crippen molar-refractivity contribution in [1.29, 1.82) is 0 Å². The third-order valence-corrected chi connectivity index (χ3v) is 4.85. The van der Waals surface area contributed by atoms with Crippen molar-refractivity contribution in [2.24, 2.45) is 11.3 Å². The largest absolute Gasteiger partial charge is 0.393 e. The molecular weight excluding hydrogens is 248 g/mol. The van der Waals surface area contributed by atoms with Gasteiger partial charge in [0.2, 0.25) is 0 Å². The third-order valence-electron chi connectivity index (χ3n) is 4.60. The molecule has 1 aromatic rings. The van der Waals surface area contributed by atoms with E-state index in [2.05, 4.69) is 0 Å². The van der Waals surface area contributed by atoms with Gasteiger partial charge >= 0.3 is 0 Å². The highest BCUT2D eigenvalue weighted by Crippen LogP contribution is 2.50. The molecule has 2 atom stereocenters. The normalized spacial score (nSPS) is 30.6. The van der Waals surface area contributed by atoms with Crippen LogP contribution in [-0.2, 0) is 6.42 Å². The van der Waals surface area contributed by atoms with E-state index in [9.17, 15) is 10.2 Å². The van der Waals surface area contributed by atoms with Gasteiger partial charge in [-0.25, -0.2) is 0 Å². The molecule has 0 spiro atoms. The van der Waals surface area contributed by atoms with Gasteiger partial charge in [0.15, 0.2) is 0 Å². The monoisotopic (exact) mass is 268 g/mol. The van der Waals surface area contributed by atoms with E-state index in [1.54, 1.807) is 0 Å². The van der Waals surface area contributed by atoms with Crippen molar-refractivity contribution in [2.45, 2.75) is 38.7 Å². The molecule has 0 aliphatic heterocycles. The quantitative estimate of drug-likeness (QED) is 0.885. The van der Waals surface area contributed by atoms with Gasteiger partial charge in [-0.1, -0.05) is 37.6 Å². The second-order valence-electron chi connectivity index (χ2n) is 6.03. The van der Waals surface area contributed by atoms with Crippen LogP contribution in [0.5, 0.6) is 0 Å². The zero-order valence-corrected chi connectivity index (χ0v) is 11.7. The van der Waals surface area contributed by atoms with Crippen LogP contribution in [-0.4, -0.2) is 22.4 Å². The Kier molecular flexibility index (Phi) is 3.72. The van der Waals surface area contributed by atoms with Crippen molar-refractivity contribution in [1.82, 2.24) is 0 Å². The van der Waals surface area contributed by atoms with Gasteiger partial charge in [-0.2, -0.15) is 0 Å². The molecule has 0 unspecified atom stereocenters. The van der Waals surface area contributed by atoms with Crippen LogP contribution in [0.3, 0.4) is 0 Å². The molecule has 18 heavy (non-hydrogen) atoms. The van der Waals surface area contributed by atoms with Crippen LogP contribution in [0.2, 0.25) is 5.02 Å². The van der Waals surface area contributed by atoms with Gasteiger partial charge in [0, 0.05) is 5.02 Å². The second-order valence-corrected chi connectivity index (χ2v) is 6.47. The van der Waals surface area contributed by atoms with Gasteiger partial charge in [0.1, 0.15) is 0 Å². The van der Waals surface area contributed by atoms with Crippen molar-refractivity contribution in [3.63, 3.8) is 0 Å². The smallest absolute Gasteiger partial charge is 0.0958 e. The van der Waals surface area contributed by atoms with Crippen LogP contribution in [0.4, 0.5) is 0 Å². The zero-order valence-electron chi connectivity index (χ0n) is 11.0. The first-order valence-corrected chi connectivity index (χ1v) is 6.84. The molecule has 2 N–H and O–H groups in total. The minimum Gasteiger partial charge on any atom is -0.393 e. The lowest BCUT2D eigenvalue weighted by Gasteiger charge is -2.39. The fraction of sp³-hybridized carbons (Fsp3) is 0.600. The summed E-state index contributed by atoms with van der Waals surface area (Å²) >= 11 is 5.87. The van der Waals surface area contributed by atoms with Crippen LogP contribution in [0.15, 0.2) is 24.3 Å². The molecule has 2 nitrogen and oxygen atoms in total. The maximum Gasteiger partial charge on any atom is 0.0958 e. The van der Waals surface area contributed by atoms with Crippen LogP contribution >= 0.6 is 11.6 Å². The van der Waals surface area contributed by atoms with Gasteiger partial charge in [-0.15, -0.1) is 0 Å². The van der Waals surface area contributed by atoms with Crippen molar-refractivity contribution in [2.75, 3.05) is 6.61 Å². The van der Waals surface area contributed by atoms with E-state index in [4.69, 9.17) is 11.6 Å². The molecule has 1 aliphatic rings. The molecule has 0 amide bonds. The van der Waals surface area contributed by atoms with Crippen molar-refractivity contribution < 1.29 is 10.2 Å². The summed E-state index contributed by atoms with van der Waals surface area (Å²) in [6.45, 7) is 3.90. The fourth-order valence-electron chi connectivity index (χ4n) is 3.06. The number of rotatable bonds is 3. The number of benzene rings is 1. The Morgan fingerprint density at radius 1 is 1.28 bits per heavy atom. The number of halogens is 1. The molecule has 100 valence electrons. The molecule has 0 aromatic heterocycles. The van der Waals surface area contributed by atoms with Gasteiger partial charge in [0.25, 0.3) is 0 Å². The van der Waals surface area contributed by atoms with E-state index >= 15 is 0 Å². The van der Waals surface area contributed by atoms with Gasteiger partial charge < -0.3 is 10.2 Å². The molecular formula is C15H21ClO2. The van der Waals surface area contributed by atoms with Gasteiger partial charge in [0.05, 0.1) is 12.2 Å². The summed E-state index contributed by atoms with van der Waals surface area (Å²) < 4.78 is 0. The van der Waals surface area contributed by atoms with Gasteiger partial charge in [-0.3, -0.25) is 0 Å². The summed E-state index contributed by atoms with van der Waals surface area (Å²) in [6, 6.07) is 7.72. The standard InChI is InChI=1S/C15H21ClO2/c1-14(2)8-7-12(15(14,18)10-17)9-11-3-5-13(16)6-4-11/h3-6,12,17-18H,7-10H2,1-2H3/t12-,15+/m1/s1. The summed E-state index contributed by atoms with van der Waals surface area (Å²) in [7, 11) is 0. The summed E-state index contributed by atoms with van der Waals surface area (Å²) in [5, 5.41) is 21.0. The minimum atomic E-state index is -0.980. The first kappa shape index (κ1) is 13.9. The number of hydrogen-bond donors (Lipinski definition) is 2. The molecule has 0 bridgehead atoms. The number of aliphatic hydroxyl groups excluding tert-OH is 1. The lowest BCUT2D eigenvalue weighted by Crippen LogP contribution is -2.49. The van der Waals surface area contributed by atoms with Crippen LogP contribution in [0.25, 0.3) is 0 Å². The highest BCUT2D eigenvalue weighted by atomic mass is 35.5. The van der Waals surface area contributed by atoms with Crippen molar-refractivity contribution in [3.8, 4) is 0 Å². The molecule has 0 saturated heterocycles. The van der Waals surface area contributed by atoms with E-state index in [0.717, 1.165) is 29.8 Å². The zero-order chi connectivity index (χ0) is 13.4. The van der Waals surface area contributed by atoms with Crippen LogP contribution in [0.1, 0.15) is 32.3 Å². The highest BCUT2D eigenvalue weighted by Gasteiger charge is 2.53. The Labute approximate surface area is 114 Å². The van der Waals surface area contributed by atoms with E-state index in [-0.39, 0.29) is 17.9 Å². The van der Waals surface area contributed by atoms with Crippen LogP contribution < -0.4 is 0 Å². The molecule has 0 heterocycles. The lowest BCUT2D eigenvalue weighted by atomic mass is 9.73. The molecule has 2 rings (SSSR count). The summed E-state index contributed by atoms with van der Waals surface area (Å²) in [5.74, 6) is 0.110. The second kappa shape index (κ2) is 4.84. The predicted molar refractivity (Wildman–Crippen MR) is 73.7 cm³/mol. The average Bonchev–Trinajstić information content (AvgIpc) is 2.56. The van der Waals surface area contributed by atoms with E-state index < -0.39 is 5.60 Å². The third kappa shape index (κ3) is 2.29. The Morgan fingerprint density at radius 2 is 1.89 bits per heavy atom. The molecule has 0 radical (unpaired) electrons. The Balaban J connectivity index is 2.17. The predicted octanol–water partition coefficient (Wildman–Crippen LogP) is 3.04. The van der Waals surface area contributed by atoms with Crippen molar-refractivity contribution >= 4 is 11.6 Å². The maximum atomic E-state index is 10.7. The molecule has 1 saturated carbocycles. The molecule has 1 aromatic carbocycles. The first-order valence-electron chi connectivity index (χ1n) is 6.47. The van der Waals surface area contributed by atoms with E-state index in [1.165, 1.54) is 0 Å². The SMILES string of the molecule is CC1(C)CC[C@H](Cc2ccc(Cl)cc2)[C@@]1(O)CO.